The van der Waals surface area contributed by atoms with Crippen LogP contribution in [0.4, 0.5) is 8.78 Å². The van der Waals surface area contributed by atoms with Gasteiger partial charge in [-0.2, -0.15) is 0 Å². The molecule has 1 aromatic heterocycles. The van der Waals surface area contributed by atoms with E-state index in [9.17, 15) is 13.6 Å². The van der Waals surface area contributed by atoms with E-state index in [-0.39, 0.29) is 29.6 Å². The fraction of sp³-hybridized carbons (Fsp3) is 0.333. The average Bonchev–Trinajstić information content (AvgIpc) is 2.85. The van der Waals surface area contributed by atoms with Crippen molar-refractivity contribution in [1.29, 1.82) is 0 Å². The third-order valence-corrected chi connectivity index (χ3v) is 6.56. The van der Waals surface area contributed by atoms with Crippen LogP contribution in [0.15, 0.2) is 60.9 Å². The van der Waals surface area contributed by atoms with Crippen molar-refractivity contribution in [2.24, 2.45) is 0 Å². The fourth-order valence-electron chi connectivity index (χ4n) is 4.73. The summed E-state index contributed by atoms with van der Waals surface area (Å²) in [4.78, 5) is 16.0. The third kappa shape index (κ3) is 4.88. The Labute approximate surface area is 197 Å². The summed E-state index contributed by atoms with van der Waals surface area (Å²) in [6.45, 7) is 0. The summed E-state index contributed by atoms with van der Waals surface area (Å²) in [5, 5.41) is 2.92. The Bertz CT molecular complexity index is 1180. The average molecular weight is 465 g/mol. The molecule has 0 bridgehead atoms. The van der Waals surface area contributed by atoms with Crippen LogP contribution in [0, 0.1) is 11.6 Å². The van der Waals surface area contributed by atoms with Gasteiger partial charge in [0.2, 0.25) is 0 Å². The molecule has 1 amide bonds. The minimum atomic E-state index is -0.617. The second kappa shape index (κ2) is 9.79. The molecule has 34 heavy (non-hydrogen) atoms. The molecule has 1 fully saturated rings. The van der Waals surface area contributed by atoms with Crippen LogP contribution in [0.1, 0.15) is 59.7 Å². The molecular weight excluding hydrogens is 438 g/mol. The standard InChI is InChI=1S/C27H26F2N2O3/c28-23-4-2-1-3-21(23)26-11-5-17-15-20(10-12-25(17)34-26)33-19-8-6-18(7-9-19)31-27(32)22-13-14-30-16-24(22)29/h1-4,10,12-16,18-19,26H,5-9,11H2,(H,31,32). The highest BCUT2D eigenvalue weighted by atomic mass is 19.1. The largest absolute Gasteiger partial charge is 0.490 e. The van der Waals surface area contributed by atoms with E-state index >= 15 is 0 Å². The van der Waals surface area contributed by atoms with Crippen molar-refractivity contribution in [3.05, 3.63) is 89.2 Å². The van der Waals surface area contributed by atoms with Crippen molar-refractivity contribution in [2.45, 2.75) is 56.8 Å². The summed E-state index contributed by atoms with van der Waals surface area (Å²) in [7, 11) is 0. The molecule has 3 aromatic rings. The van der Waals surface area contributed by atoms with E-state index in [0.717, 1.165) is 55.4 Å². The first-order valence-electron chi connectivity index (χ1n) is 11.7. The number of aryl methyl sites for hydroxylation is 1. The zero-order valence-electron chi connectivity index (χ0n) is 18.7. The van der Waals surface area contributed by atoms with Crippen molar-refractivity contribution in [2.75, 3.05) is 0 Å². The van der Waals surface area contributed by atoms with Gasteiger partial charge in [-0.1, -0.05) is 18.2 Å². The van der Waals surface area contributed by atoms with Gasteiger partial charge in [0.1, 0.15) is 23.4 Å². The number of pyridine rings is 1. The van der Waals surface area contributed by atoms with Gasteiger partial charge in [0.25, 0.3) is 5.91 Å². The van der Waals surface area contributed by atoms with Gasteiger partial charge in [-0.05, 0) is 74.4 Å². The van der Waals surface area contributed by atoms with Crippen molar-refractivity contribution in [3.63, 3.8) is 0 Å². The number of carbonyl (C=O) groups excluding carboxylic acids is 1. The molecule has 5 rings (SSSR count). The molecular formula is C27H26F2N2O3. The molecule has 2 aromatic carbocycles. The highest BCUT2D eigenvalue weighted by molar-refractivity contribution is 5.94. The van der Waals surface area contributed by atoms with Gasteiger partial charge in [-0.25, -0.2) is 8.78 Å². The fourth-order valence-corrected chi connectivity index (χ4v) is 4.73. The number of hydrogen-bond acceptors (Lipinski definition) is 4. The maximum Gasteiger partial charge on any atom is 0.254 e. The number of rotatable bonds is 5. The normalized spacial score (nSPS) is 21.8. The molecule has 2 heterocycles. The molecule has 1 atom stereocenters. The number of fused-ring (bicyclic) bond motifs is 1. The van der Waals surface area contributed by atoms with E-state index in [1.54, 1.807) is 12.1 Å². The molecule has 1 aliphatic heterocycles. The molecule has 2 aliphatic rings. The molecule has 5 nitrogen and oxygen atoms in total. The lowest BCUT2D eigenvalue weighted by molar-refractivity contribution is 0.0889. The smallest absolute Gasteiger partial charge is 0.254 e. The van der Waals surface area contributed by atoms with Gasteiger partial charge < -0.3 is 14.8 Å². The van der Waals surface area contributed by atoms with Gasteiger partial charge in [0.15, 0.2) is 5.82 Å². The monoisotopic (exact) mass is 464 g/mol. The summed E-state index contributed by atoms with van der Waals surface area (Å²) >= 11 is 0. The Balaban J connectivity index is 1.14. The predicted molar refractivity (Wildman–Crippen MR) is 123 cm³/mol. The van der Waals surface area contributed by atoms with Gasteiger partial charge in [-0.15, -0.1) is 0 Å². The summed E-state index contributed by atoms with van der Waals surface area (Å²) < 4.78 is 40.2. The van der Waals surface area contributed by atoms with Gasteiger partial charge in [0, 0.05) is 17.8 Å². The van der Waals surface area contributed by atoms with Crippen LogP contribution in [-0.4, -0.2) is 23.0 Å². The molecule has 1 N–H and O–H groups in total. The van der Waals surface area contributed by atoms with Crippen molar-refractivity contribution >= 4 is 5.91 Å². The number of carbonyl (C=O) groups is 1. The number of amides is 1. The number of ether oxygens (including phenoxy) is 2. The Morgan fingerprint density at radius 2 is 1.82 bits per heavy atom. The second-order valence-corrected chi connectivity index (χ2v) is 8.86. The predicted octanol–water partition coefficient (Wildman–Crippen LogP) is 5.55. The number of nitrogens with one attached hydrogen (secondary N) is 1. The van der Waals surface area contributed by atoms with Crippen LogP contribution >= 0.6 is 0 Å². The first-order chi connectivity index (χ1) is 16.6. The number of aromatic nitrogens is 1. The van der Waals surface area contributed by atoms with Crippen LogP contribution in [0.3, 0.4) is 0 Å². The summed E-state index contributed by atoms with van der Waals surface area (Å²) in [5.41, 5.74) is 1.66. The minimum Gasteiger partial charge on any atom is -0.490 e. The third-order valence-electron chi connectivity index (χ3n) is 6.56. The van der Waals surface area contributed by atoms with E-state index < -0.39 is 11.7 Å². The Hall–Kier alpha value is -3.48. The van der Waals surface area contributed by atoms with Crippen molar-refractivity contribution < 1.29 is 23.0 Å². The van der Waals surface area contributed by atoms with E-state index in [2.05, 4.69) is 10.3 Å². The second-order valence-electron chi connectivity index (χ2n) is 8.86. The van der Waals surface area contributed by atoms with Crippen LogP contribution in [-0.2, 0) is 6.42 Å². The first kappa shape index (κ1) is 22.3. The van der Waals surface area contributed by atoms with Crippen LogP contribution < -0.4 is 14.8 Å². The summed E-state index contributed by atoms with van der Waals surface area (Å²) in [6, 6.07) is 13.9. The van der Waals surface area contributed by atoms with Crippen LogP contribution in [0.25, 0.3) is 0 Å². The lowest BCUT2D eigenvalue weighted by atomic mass is 9.92. The number of halogens is 2. The SMILES string of the molecule is O=C(NC1CCC(Oc2ccc3c(c2)CCC(c2ccccc2F)O3)CC1)c1ccncc1F. The molecule has 0 radical (unpaired) electrons. The Morgan fingerprint density at radius 3 is 2.62 bits per heavy atom. The van der Waals surface area contributed by atoms with Crippen LogP contribution in [0.5, 0.6) is 11.5 Å². The van der Waals surface area contributed by atoms with Gasteiger partial charge in [-0.3, -0.25) is 9.78 Å². The number of nitrogens with zero attached hydrogens (tertiary/aromatic N) is 1. The zero-order chi connectivity index (χ0) is 23.5. The quantitative estimate of drug-likeness (QED) is 0.538. The first-order valence-corrected chi connectivity index (χ1v) is 11.7. The molecule has 0 saturated heterocycles. The summed E-state index contributed by atoms with van der Waals surface area (Å²) in [5.74, 6) is 0.287. The maximum absolute atomic E-state index is 14.1. The lowest BCUT2D eigenvalue weighted by Crippen LogP contribution is -2.40. The van der Waals surface area contributed by atoms with E-state index in [1.807, 2.05) is 24.3 Å². The molecule has 1 saturated carbocycles. The molecule has 1 aliphatic carbocycles. The minimum absolute atomic E-state index is 0.00726. The topological polar surface area (TPSA) is 60.5 Å². The van der Waals surface area contributed by atoms with E-state index in [0.29, 0.717) is 12.0 Å². The maximum atomic E-state index is 14.1. The molecule has 7 heteroatoms. The number of benzene rings is 2. The molecule has 0 spiro atoms. The van der Waals surface area contributed by atoms with Crippen molar-refractivity contribution in [1.82, 2.24) is 10.3 Å². The van der Waals surface area contributed by atoms with Crippen molar-refractivity contribution in [3.8, 4) is 11.5 Å². The lowest BCUT2D eigenvalue weighted by Gasteiger charge is -2.30. The Morgan fingerprint density at radius 1 is 1.00 bits per heavy atom. The van der Waals surface area contributed by atoms with Crippen LogP contribution in [0.2, 0.25) is 0 Å². The Kier molecular flexibility index (Phi) is 6.43. The molecule has 1 unspecified atom stereocenters. The highest BCUT2D eigenvalue weighted by Crippen LogP contribution is 2.38. The number of hydrogen-bond donors (Lipinski definition) is 1. The molecule has 176 valence electrons. The highest BCUT2D eigenvalue weighted by Gasteiger charge is 2.27. The summed E-state index contributed by atoms with van der Waals surface area (Å²) in [6.07, 6.45) is 6.85. The van der Waals surface area contributed by atoms with Gasteiger partial charge >= 0.3 is 0 Å². The van der Waals surface area contributed by atoms with Gasteiger partial charge in [0.05, 0.1) is 17.9 Å². The van der Waals surface area contributed by atoms with E-state index in [1.165, 1.54) is 18.3 Å². The van der Waals surface area contributed by atoms with E-state index in [4.69, 9.17) is 9.47 Å². The zero-order valence-corrected chi connectivity index (χ0v) is 18.7.